The van der Waals surface area contributed by atoms with Gasteiger partial charge in [-0.25, -0.2) is 0 Å². The third kappa shape index (κ3) is 3.13. The number of piperidine rings is 2. The lowest BCUT2D eigenvalue weighted by molar-refractivity contribution is 0.0680. The van der Waals surface area contributed by atoms with Crippen molar-refractivity contribution in [1.29, 1.82) is 0 Å². The first kappa shape index (κ1) is 15.0. The molecule has 3 rings (SSSR count). The van der Waals surface area contributed by atoms with Crippen LogP contribution in [0.4, 0.5) is 0 Å². The van der Waals surface area contributed by atoms with E-state index in [1.807, 2.05) is 9.80 Å². The summed E-state index contributed by atoms with van der Waals surface area (Å²) in [5, 5.41) is 0. The zero-order valence-electron chi connectivity index (χ0n) is 13.0. The van der Waals surface area contributed by atoms with Crippen molar-refractivity contribution in [2.24, 2.45) is 0 Å². The first-order valence-corrected chi connectivity index (χ1v) is 8.31. The van der Waals surface area contributed by atoms with Crippen LogP contribution in [0.2, 0.25) is 0 Å². The van der Waals surface area contributed by atoms with Crippen molar-refractivity contribution < 1.29 is 9.59 Å². The summed E-state index contributed by atoms with van der Waals surface area (Å²) in [4.78, 5) is 33.3. The number of rotatable bonds is 2. The van der Waals surface area contributed by atoms with Crippen LogP contribution in [0.1, 0.15) is 59.4 Å². The molecule has 1 aromatic rings. The van der Waals surface area contributed by atoms with Gasteiger partial charge in [-0.3, -0.25) is 14.6 Å². The largest absolute Gasteiger partial charge is 0.339 e. The van der Waals surface area contributed by atoms with Gasteiger partial charge in [0.15, 0.2) is 0 Å². The van der Waals surface area contributed by atoms with Gasteiger partial charge in [0.1, 0.15) is 5.69 Å². The summed E-state index contributed by atoms with van der Waals surface area (Å²) in [6.07, 6.45) is 8.11. The van der Waals surface area contributed by atoms with Gasteiger partial charge in [-0.05, 0) is 50.7 Å². The Morgan fingerprint density at radius 2 is 1.36 bits per heavy atom. The molecule has 0 aliphatic carbocycles. The zero-order valence-corrected chi connectivity index (χ0v) is 13.0. The molecule has 0 saturated carbocycles. The van der Waals surface area contributed by atoms with Crippen LogP contribution in [0.3, 0.4) is 0 Å². The molecule has 2 aliphatic rings. The second kappa shape index (κ2) is 6.90. The van der Waals surface area contributed by atoms with Crippen LogP contribution in [-0.4, -0.2) is 52.8 Å². The number of hydrogen-bond acceptors (Lipinski definition) is 3. The molecule has 5 nitrogen and oxygen atoms in total. The van der Waals surface area contributed by atoms with Crippen LogP contribution in [0.25, 0.3) is 0 Å². The Bertz CT molecular complexity index is 498. The van der Waals surface area contributed by atoms with Crippen molar-refractivity contribution in [2.45, 2.75) is 38.5 Å². The van der Waals surface area contributed by atoms with E-state index in [1.54, 1.807) is 18.3 Å². The molecule has 1 aromatic heterocycles. The Balaban J connectivity index is 1.82. The quantitative estimate of drug-likeness (QED) is 0.842. The molecule has 3 heterocycles. The van der Waals surface area contributed by atoms with Crippen molar-refractivity contribution in [3.8, 4) is 0 Å². The van der Waals surface area contributed by atoms with E-state index < -0.39 is 0 Å². The van der Waals surface area contributed by atoms with E-state index in [4.69, 9.17) is 0 Å². The van der Waals surface area contributed by atoms with E-state index in [2.05, 4.69) is 4.98 Å². The average molecular weight is 301 g/mol. The predicted octanol–water partition coefficient (Wildman–Crippen LogP) is 2.33. The molecule has 5 heteroatoms. The maximum Gasteiger partial charge on any atom is 0.273 e. The SMILES string of the molecule is O=C(c1cccnc1C(=O)N1CCCCC1)N1CCCCC1. The number of nitrogens with zero attached hydrogens (tertiary/aromatic N) is 3. The summed E-state index contributed by atoms with van der Waals surface area (Å²) >= 11 is 0. The van der Waals surface area contributed by atoms with E-state index in [1.165, 1.54) is 12.8 Å². The Labute approximate surface area is 131 Å². The Kier molecular flexibility index (Phi) is 4.71. The maximum atomic E-state index is 12.7. The smallest absolute Gasteiger partial charge is 0.273 e. The van der Waals surface area contributed by atoms with Gasteiger partial charge in [-0.2, -0.15) is 0 Å². The van der Waals surface area contributed by atoms with E-state index in [0.29, 0.717) is 11.3 Å². The summed E-state index contributed by atoms with van der Waals surface area (Å²) < 4.78 is 0. The Morgan fingerprint density at radius 3 is 1.95 bits per heavy atom. The highest BCUT2D eigenvalue weighted by molar-refractivity contribution is 6.05. The Morgan fingerprint density at radius 1 is 0.818 bits per heavy atom. The summed E-state index contributed by atoms with van der Waals surface area (Å²) in [6.45, 7) is 3.11. The number of likely N-dealkylation sites (tertiary alicyclic amines) is 2. The summed E-state index contributed by atoms with van der Waals surface area (Å²) in [7, 11) is 0. The molecule has 0 aromatic carbocycles. The first-order valence-electron chi connectivity index (χ1n) is 8.31. The first-order chi connectivity index (χ1) is 10.8. The van der Waals surface area contributed by atoms with Gasteiger partial charge in [-0.1, -0.05) is 0 Å². The lowest BCUT2D eigenvalue weighted by Gasteiger charge is -2.29. The minimum absolute atomic E-state index is 0.0480. The lowest BCUT2D eigenvalue weighted by atomic mass is 10.1. The molecule has 0 unspecified atom stereocenters. The number of amides is 2. The standard InChI is InChI=1S/C17H23N3O2/c21-16(19-10-3-1-4-11-19)14-8-7-9-18-15(14)17(22)20-12-5-2-6-13-20/h7-9H,1-6,10-13H2. The highest BCUT2D eigenvalue weighted by atomic mass is 16.2. The second-order valence-corrected chi connectivity index (χ2v) is 6.11. The van der Waals surface area contributed by atoms with Crippen LogP contribution in [-0.2, 0) is 0 Å². The second-order valence-electron chi connectivity index (χ2n) is 6.11. The highest BCUT2D eigenvalue weighted by Crippen LogP contribution is 2.18. The van der Waals surface area contributed by atoms with E-state index in [0.717, 1.165) is 51.9 Å². The molecule has 22 heavy (non-hydrogen) atoms. The topological polar surface area (TPSA) is 53.5 Å². The molecule has 0 spiro atoms. The fraction of sp³-hybridized carbons (Fsp3) is 0.588. The van der Waals surface area contributed by atoms with Gasteiger partial charge in [0.05, 0.1) is 5.56 Å². The van der Waals surface area contributed by atoms with Gasteiger partial charge in [0.25, 0.3) is 11.8 Å². The third-order valence-electron chi connectivity index (χ3n) is 4.53. The van der Waals surface area contributed by atoms with Gasteiger partial charge < -0.3 is 9.80 Å². The monoisotopic (exact) mass is 301 g/mol. The van der Waals surface area contributed by atoms with Crippen molar-refractivity contribution in [2.75, 3.05) is 26.2 Å². The molecule has 0 radical (unpaired) electrons. The normalized spacial score (nSPS) is 19.1. The van der Waals surface area contributed by atoms with Gasteiger partial charge in [0.2, 0.25) is 0 Å². The third-order valence-corrected chi connectivity index (χ3v) is 4.53. The van der Waals surface area contributed by atoms with Crippen molar-refractivity contribution >= 4 is 11.8 Å². The van der Waals surface area contributed by atoms with Crippen LogP contribution in [0.15, 0.2) is 18.3 Å². The van der Waals surface area contributed by atoms with E-state index >= 15 is 0 Å². The van der Waals surface area contributed by atoms with Crippen molar-refractivity contribution in [3.63, 3.8) is 0 Å². The highest BCUT2D eigenvalue weighted by Gasteiger charge is 2.27. The van der Waals surface area contributed by atoms with E-state index in [-0.39, 0.29) is 11.8 Å². The van der Waals surface area contributed by atoms with Crippen molar-refractivity contribution in [3.05, 3.63) is 29.6 Å². The predicted molar refractivity (Wildman–Crippen MR) is 83.7 cm³/mol. The number of carbonyl (C=O) groups is 2. The molecule has 2 amide bonds. The summed E-state index contributed by atoms with van der Waals surface area (Å²) in [5.74, 6) is -0.145. The molecule has 0 N–H and O–H groups in total. The molecule has 2 fully saturated rings. The maximum absolute atomic E-state index is 12.7. The molecule has 2 saturated heterocycles. The molecular weight excluding hydrogens is 278 g/mol. The summed E-state index contributed by atoms with van der Waals surface area (Å²) in [6, 6.07) is 3.48. The van der Waals surface area contributed by atoms with Crippen LogP contribution in [0, 0.1) is 0 Å². The molecule has 0 bridgehead atoms. The molecule has 2 aliphatic heterocycles. The lowest BCUT2D eigenvalue weighted by Crippen LogP contribution is -2.39. The van der Waals surface area contributed by atoms with Gasteiger partial charge >= 0.3 is 0 Å². The Hall–Kier alpha value is -1.91. The molecule has 118 valence electrons. The van der Waals surface area contributed by atoms with Crippen LogP contribution in [0.5, 0.6) is 0 Å². The number of pyridine rings is 1. The van der Waals surface area contributed by atoms with Crippen LogP contribution < -0.4 is 0 Å². The average Bonchev–Trinajstić information content (AvgIpc) is 2.62. The van der Waals surface area contributed by atoms with E-state index in [9.17, 15) is 9.59 Å². The molecular formula is C17H23N3O2. The minimum atomic E-state index is -0.0966. The zero-order chi connectivity index (χ0) is 15.4. The fourth-order valence-electron chi connectivity index (χ4n) is 3.26. The number of aromatic nitrogens is 1. The molecule has 0 atom stereocenters. The van der Waals surface area contributed by atoms with Gasteiger partial charge in [-0.15, -0.1) is 0 Å². The number of hydrogen-bond donors (Lipinski definition) is 0. The van der Waals surface area contributed by atoms with Crippen molar-refractivity contribution in [1.82, 2.24) is 14.8 Å². The minimum Gasteiger partial charge on any atom is -0.339 e. The summed E-state index contributed by atoms with van der Waals surface area (Å²) in [5.41, 5.74) is 0.778. The fourth-order valence-corrected chi connectivity index (χ4v) is 3.26. The number of carbonyl (C=O) groups excluding carboxylic acids is 2. The van der Waals surface area contributed by atoms with Gasteiger partial charge in [0, 0.05) is 32.4 Å². The van der Waals surface area contributed by atoms with Crippen LogP contribution >= 0.6 is 0 Å².